The van der Waals surface area contributed by atoms with E-state index >= 15 is 0 Å². The van der Waals surface area contributed by atoms with Crippen LogP contribution in [0.2, 0.25) is 0 Å². The Hall–Kier alpha value is -1.61. The minimum atomic E-state index is 0.731. The topological polar surface area (TPSA) is 21.1 Å². The fourth-order valence-electron chi connectivity index (χ4n) is 3.14. The zero-order chi connectivity index (χ0) is 13.8. The number of hydrogen-bond acceptors (Lipinski definition) is 2. The van der Waals surface area contributed by atoms with Gasteiger partial charge in [-0.3, -0.25) is 4.68 Å². The zero-order valence-electron chi connectivity index (χ0n) is 12.2. The normalized spacial score (nSPS) is 19.6. The molecule has 2 aromatic rings. The molecule has 0 N–H and O–H groups in total. The van der Waals surface area contributed by atoms with Crippen LogP contribution in [0.1, 0.15) is 29.9 Å². The van der Waals surface area contributed by atoms with Crippen LogP contribution in [0.25, 0.3) is 0 Å². The Balaban J connectivity index is 1.44. The number of benzene rings is 1. The average molecular weight is 269 g/mol. The van der Waals surface area contributed by atoms with Crippen LogP contribution in [0, 0.1) is 0 Å². The highest BCUT2D eigenvalue weighted by Gasteiger charge is 2.22. The molecule has 0 aliphatic carbocycles. The van der Waals surface area contributed by atoms with Gasteiger partial charge < -0.3 is 4.90 Å². The minimum Gasteiger partial charge on any atom is -0.303 e. The molecule has 0 radical (unpaired) electrons. The molecule has 1 atom stereocenters. The molecule has 1 fully saturated rings. The molecule has 1 unspecified atom stereocenters. The summed E-state index contributed by atoms with van der Waals surface area (Å²) in [6, 6.07) is 10.9. The molecule has 1 saturated heterocycles. The lowest BCUT2D eigenvalue weighted by Gasteiger charge is -2.15. The van der Waals surface area contributed by atoms with Crippen LogP contribution in [0.5, 0.6) is 0 Å². The van der Waals surface area contributed by atoms with Gasteiger partial charge in [0, 0.05) is 19.8 Å². The number of nitrogens with zero attached hydrogens (tertiary/aromatic N) is 3. The van der Waals surface area contributed by atoms with Crippen molar-refractivity contribution in [3.8, 4) is 0 Å². The fraction of sp³-hybridized carbons (Fsp3) is 0.471. The lowest BCUT2D eigenvalue weighted by Crippen LogP contribution is -2.22. The van der Waals surface area contributed by atoms with Crippen molar-refractivity contribution >= 4 is 0 Å². The van der Waals surface area contributed by atoms with Crippen molar-refractivity contribution in [2.45, 2.75) is 25.2 Å². The van der Waals surface area contributed by atoms with Crippen molar-refractivity contribution in [1.82, 2.24) is 14.7 Å². The Kier molecular flexibility index (Phi) is 4.16. The van der Waals surface area contributed by atoms with E-state index in [1.165, 1.54) is 43.6 Å². The largest absolute Gasteiger partial charge is 0.303 e. The van der Waals surface area contributed by atoms with E-state index in [0.717, 1.165) is 12.3 Å². The van der Waals surface area contributed by atoms with Crippen molar-refractivity contribution in [3.63, 3.8) is 0 Å². The molecule has 3 heteroatoms. The average Bonchev–Trinajstić information content (AvgIpc) is 3.09. The van der Waals surface area contributed by atoms with Crippen LogP contribution in [-0.2, 0) is 13.5 Å². The first kappa shape index (κ1) is 13.4. The fourth-order valence-corrected chi connectivity index (χ4v) is 3.14. The highest BCUT2D eigenvalue weighted by Crippen LogP contribution is 2.26. The van der Waals surface area contributed by atoms with Crippen LogP contribution in [0.3, 0.4) is 0 Å². The number of likely N-dealkylation sites (tertiary alicyclic amines) is 1. The Labute approximate surface area is 121 Å². The van der Waals surface area contributed by atoms with E-state index in [4.69, 9.17) is 0 Å². The number of hydrogen-bond donors (Lipinski definition) is 0. The van der Waals surface area contributed by atoms with Crippen LogP contribution in [0.4, 0.5) is 0 Å². The summed E-state index contributed by atoms with van der Waals surface area (Å²) < 4.78 is 1.89. The van der Waals surface area contributed by atoms with Crippen LogP contribution in [0.15, 0.2) is 42.7 Å². The predicted octanol–water partition coefficient (Wildman–Crippen LogP) is 2.84. The van der Waals surface area contributed by atoms with Crippen molar-refractivity contribution in [3.05, 3.63) is 53.9 Å². The zero-order valence-corrected chi connectivity index (χ0v) is 12.2. The van der Waals surface area contributed by atoms with Gasteiger partial charge in [0.25, 0.3) is 0 Å². The lowest BCUT2D eigenvalue weighted by molar-refractivity contribution is 0.329. The van der Waals surface area contributed by atoms with Gasteiger partial charge in [0.05, 0.1) is 6.20 Å². The molecule has 1 aromatic carbocycles. The third kappa shape index (κ3) is 3.28. The Bertz CT molecular complexity index is 532. The second-order valence-electron chi connectivity index (χ2n) is 5.82. The van der Waals surface area contributed by atoms with Gasteiger partial charge in [0.1, 0.15) is 0 Å². The third-order valence-corrected chi connectivity index (χ3v) is 4.24. The van der Waals surface area contributed by atoms with Crippen molar-refractivity contribution in [2.24, 2.45) is 7.05 Å². The van der Waals surface area contributed by atoms with E-state index in [1.54, 1.807) is 0 Å². The quantitative estimate of drug-likeness (QED) is 0.832. The summed E-state index contributed by atoms with van der Waals surface area (Å²) in [6.07, 6.45) is 7.78. The second kappa shape index (κ2) is 6.23. The van der Waals surface area contributed by atoms with Crippen LogP contribution in [-0.4, -0.2) is 34.3 Å². The van der Waals surface area contributed by atoms with Gasteiger partial charge in [-0.25, -0.2) is 0 Å². The Morgan fingerprint density at radius 1 is 1.25 bits per heavy atom. The maximum absolute atomic E-state index is 4.22. The lowest BCUT2D eigenvalue weighted by atomic mass is 9.99. The summed E-state index contributed by atoms with van der Waals surface area (Å²) >= 11 is 0. The van der Waals surface area contributed by atoms with E-state index in [9.17, 15) is 0 Å². The number of aryl methyl sites for hydroxylation is 2. The molecule has 2 heterocycles. The van der Waals surface area contributed by atoms with Gasteiger partial charge >= 0.3 is 0 Å². The number of aromatic nitrogens is 2. The number of rotatable bonds is 5. The van der Waals surface area contributed by atoms with E-state index in [-0.39, 0.29) is 0 Å². The van der Waals surface area contributed by atoms with E-state index in [2.05, 4.69) is 46.5 Å². The van der Waals surface area contributed by atoms with Crippen molar-refractivity contribution < 1.29 is 0 Å². The highest BCUT2D eigenvalue weighted by molar-refractivity contribution is 5.21. The van der Waals surface area contributed by atoms with Gasteiger partial charge in [0.15, 0.2) is 0 Å². The monoisotopic (exact) mass is 269 g/mol. The van der Waals surface area contributed by atoms with Gasteiger partial charge in [-0.1, -0.05) is 30.3 Å². The minimum absolute atomic E-state index is 0.731. The molecule has 1 aliphatic rings. The molecule has 1 aliphatic heterocycles. The highest BCUT2D eigenvalue weighted by atomic mass is 15.2. The van der Waals surface area contributed by atoms with Gasteiger partial charge in [-0.2, -0.15) is 5.10 Å². The van der Waals surface area contributed by atoms with Gasteiger partial charge in [0.2, 0.25) is 0 Å². The summed E-state index contributed by atoms with van der Waals surface area (Å²) in [4.78, 5) is 2.61. The first-order valence-electron chi connectivity index (χ1n) is 7.56. The second-order valence-corrected chi connectivity index (χ2v) is 5.82. The van der Waals surface area contributed by atoms with Crippen molar-refractivity contribution in [2.75, 3.05) is 19.6 Å². The standard InChI is InChI=1S/C17H23N3/c1-19-13-15(12-18-19)6-5-10-20-11-9-17(14-20)16-7-3-2-4-8-16/h2-4,7-8,12-13,17H,5-6,9-11,14H2,1H3. The summed E-state index contributed by atoms with van der Waals surface area (Å²) in [5, 5.41) is 4.22. The summed E-state index contributed by atoms with van der Waals surface area (Å²) in [5.41, 5.74) is 2.86. The van der Waals surface area contributed by atoms with Crippen LogP contribution < -0.4 is 0 Å². The molecule has 106 valence electrons. The van der Waals surface area contributed by atoms with E-state index in [0.29, 0.717) is 0 Å². The molecule has 0 saturated carbocycles. The Morgan fingerprint density at radius 3 is 2.85 bits per heavy atom. The molecule has 3 nitrogen and oxygen atoms in total. The smallest absolute Gasteiger partial charge is 0.0521 e. The molecule has 0 spiro atoms. The van der Waals surface area contributed by atoms with Gasteiger partial charge in [-0.15, -0.1) is 0 Å². The maximum Gasteiger partial charge on any atom is 0.0521 e. The summed E-state index contributed by atoms with van der Waals surface area (Å²) in [6.45, 7) is 3.67. The molecule has 0 amide bonds. The Morgan fingerprint density at radius 2 is 2.10 bits per heavy atom. The SMILES string of the molecule is Cn1cc(CCCN2CCC(c3ccccc3)C2)cn1. The van der Waals surface area contributed by atoms with E-state index < -0.39 is 0 Å². The van der Waals surface area contributed by atoms with Crippen LogP contribution >= 0.6 is 0 Å². The summed E-state index contributed by atoms with van der Waals surface area (Å²) in [5.74, 6) is 0.731. The first-order chi connectivity index (χ1) is 9.81. The summed E-state index contributed by atoms with van der Waals surface area (Å²) in [7, 11) is 1.98. The maximum atomic E-state index is 4.22. The first-order valence-corrected chi connectivity index (χ1v) is 7.56. The molecular formula is C17H23N3. The van der Waals surface area contributed by atoms with E-state index in [1.807, 2.05) is 17.9 Å². The molecule has 3 rings (SSSR count). The molecule has 1 aromatic heterocycles. The molecule has 20 heavy (non-hydrogen) atoms. The third-order valence-electron chi connectivity index (χ3n) is 4.24. The van der Waals surface area contributed by atoms with Crippen molar-refractivity contribution in [1.29, 1.82) is 0 Å². The molecule has 0 bridgehead atoms. The predicted molar refractivity (Wildman–Crippen MR) is 81.8 cm³/mol. The van der Waals surface area contributed by atoms with Gasteiger partial charge in [-0.05, 0) is 49.4 Å². The molecular weight excluding hydrogens is 246 g/mol.